The topological polar surface area (TPSA) is 96.3 Å². The van der Waals surface area contributed by atoms with E-state index in [0.717, 1.165) is 20.6 Å². The molecule has 0 bridgehead atoms. The van der Waals surface area contributed by atoms with Gasteiger partial charge in [0.05, 0.1) is 16.0 Å². The maximum Gasteiger partial charge on any atom is 2.00 e. The number of rotatable bonds is 1. The van der Waals surface area contributed by atoms with Gasteiger partial charge in [0.15, 0.2) is 0 Å². The second-order valence-corrected chi connectivity index (χ2v) is 7.19. The Hall–Kier alpha value is -2.12. The number of pyridine rings is 1. The molecule has 1 heterocycles. The van der Waals surface area contributed by atoms with Crippen LogP contribution in [0.3, 0.4) is 0 Å². The summed E-state index contributed by atoms with van der Waals surface area (Å²) in [6, 6.07) is 15.5. The van der Waals surface area contributed by atoms with Crippen molar-refractivity contribution in [3.8, 4) is 11.5 Å². The molecule has 0 saturated heterocycles. The Morgan fingerprint density at radius 1 is 1.00 bits per heavy atom. The quantitative estimate of drug-likeness (QED) is 0.363. The fourth-order valence-electron chi connectivity index (χ4n) is 2.56. The monoisotopic (exact) mass is 550 g/mol. The smallest absolute Gasteiger partial charge is 0.871 e. The van der Waals surface area contributed by atoms with Gasteiger partial charge in [-0.05, 0) is 44.9 Å². The normalized spacial score (nSPS) is 10.1. The Kier molecular flexibility index (Phi) is 7.43. The van der Waals surface area contributed by atoms with Gasteiger partial charge >= 0.3 is 17.1 Å². The van der Waals surface area contributed by atoms with E-state index in [1.165, 1.54) is 12.1 Å². The molecule has 8 heteroatoms. The van der Waals surface area contributed by atoms with E-state index in [-0.39, 0.29) is 34.1 Å². The fraction of sp³-hybridized carbons (Fsp3) is 0. The Morgan fingerprint density at radius 3 is 2.36 bits per heavy atom. The summed E-state index contributed by atoms with van der Waals surface area (Å²) >= 11 is 6.51. The minimum atomic E-state index is -1.39. The average molecular weight is 553 g/mol. The van der Waals surface area contributed by atoms with E-state index in [1.54, 1.807) is 30.5 Å². The number of nitrogens with zero attached hydrogens (tertiary/aromatic N) is 1. The number of carbonyl (C=O) groups excluding carboxylic acids is 1. The number of aromatic nitrogens is 1. The number of hydrogen-bond donors (Lipinski definition) is 1. The molecule has 0 spiro atoms. The van der Waals surface area contributed by atoms with Crippen molar-refractivity contribution in [3.63, 3.8) is 0 Å². The van der Waals surface area contributed by atoms with Gasteiger partial charge < -0.3 is 20.1 Å². The Labute approximate surface area is 187 Å². The first-order valence-electron chi connectivity index (χ1n) is 7.72. The van der Waals surface area contributed by atoms with Gasteiger partial charge in [0.2, 0.25) is 0 Å². The zero-order chi connectivity index (χ0) is 19.6. The van der Waals surface area contributed by atoms with Gasteiger partial charge in [-0.15, -0.1) is 0 Å². The zero-order valence-electron chi connectivity index (χ0n) is 14.0. The Balaban J connectivity index is 0.000000198. The van der Waals surface area contributed by atoms with Crippen LogP contribution in [0, 0.1) is 0 Å². The third-order valence-electron chi connectivity index (χ3n) is 3.86. The second kappa shape index (κ2) is 9.39. The number of aromatic hydroxyl groups is 1. The van der Waals surface area contributed by atoms with Gasteiger partial charge in [-0.2, -0.15) is 0 Å². The van der Waals surface area contributed by atoms with Crippen LogP contribution in [0.15, 0.2) is 69.7 Å². The van der Waals surface area contributed by atoms with Crippen molar-refractivity contribution < 1.29 is 37.2 Å². The molecule has 0 unspecified atom stereocenters. The fourth-order valence-corrected chi connectivity index (χ4v) is 3.59. The molecular weight excluding hydrogens is 542 g/mol. The molecule has 3 aromatic carbocycles. The largest absolute Gasteiger partial charge is 2.00 e. The number of fused-ring (bicyclic) bond motifs is 2. The van der Waals surface area contributed by atoms with Crippen molar-refractivity contribution in [1.82, 2.24) is 4.98 Å². The van der Waals surface area contributed by atoms with Gasteiger partial charge in [-0.25, -0.2) is 0 Å². The number of carbonyl (C=O) groups is 1. The molecular formula is C20H11Br2CuNO4. The molecule has 0 aliphatic heterocycles. The molecule has 1 radical (unpaired) electrons. The summed E-state index contributed by atoms with van der Waals surface area (Å²) in [6.45, 7) is 0. The number of halogens is 2. The maximum atomic E-state index is 11.2. The van der Waals surface area contributed by atoms with Crippen molar-refractivity contribution in [3.05, 3.63) is 75.3 Å². The molecule has 0 saturated carbocycles. The van der Waals surface area contributed by atoms with Crippen LogP contribution >= 0.6 is 31.9 Å². The van der Waals surface area contributed by atoms with Gasteiger partial charge in [0.1, 0.15) is 5.75 Å². The van der Waals surface area contributed by atoms with Crippen molar-refractivity contribution in [2.75, 3.05) is 0 Å². The van der Waals surface area contributed by atoms with Crippen molar-refractivity contribution in [2.45, 2.75) is 0 Å². The Morgan fingerprint density at radius 2 is 1.68 bits per heavy atom. The summed E-state index contributed by atoms with van der Waals surface area (Å²) in [7, 11) is 0. The summed E-state index contributed by atoms with van der Waals surface area (Å²) in [5, 5.41) is 33.9. The second-order valence-electron chi connectivity index (χ2n) is 5.54. The first-order chi connectivity index (χ1) is 12.9. The number of carboxylic acids is 1. The van der Waals surface area contributed by atoms with Crippen molar-refractivity contribution >= 4 is 59.5 Å². The standard InChI is InChI=1S/C11H7BrO3.C9H6BrNO.Cu/c12-9-7-4-2-1-3-6(7)5-8(10(9)13)11(14)15;10-7-3-4-8(12)9-6(7)2-1-5-11-9;/h1-5,13H,(H,14,15);1-5,12H;/q;;+2/p-2. The number of carboxylic acid groups (broad SMARTS) is 1. The molecule has 0 aliphatic rings. The summed E-state index contributed by atoms with van der Waals surface area (Å²) in [5.74, 6) is -1.72. The van der Waals surface area contributed by atoms with Gasteiger partial charge in [0, 0.05) is 21.6 Å². The summed E-state index contributed by atoms with van der Waals surface area (Å²) in [5.41, 5.74) is 0.312. The molecule has 5 nitrogen and oxygen atoms in total. The third-order valence-corrected chi connectivity index (χ3v) is 5.35. The predicted molar refractivity (Wildman–Crippen MR) is 107 cm³/mol. The number of aromatic carboxylic acids is 1. The molecule has 1 aromatic heterocycles. The number of phenols is 1. The molecule has 0 amide bonds. The van der Waals surface area contributed by atoms with Gasteiger partial charge in [0.25, 0.3) is 0 Å². The summed E-state index contributed by atoms with van der Waals surface area (Å²) in [6.07, 6.45) is 1.62. The molecule has 4 aromatic rings. The van der Waals surface area contributed by atoms with Crippen LogP contribution in [0.1, 0.15) is 10.4 Å². The van der Waals surface area contributed by atoms with E-state index >= 15 is 0 Å². The first kappa shape index (κ1) is 22.2. The predicted octanol–water partition coefficient (Wildman–Crippen LogP) is 3.74. The van der Waals surface area contributed by atoms with Gasteiger partial charge in [-0.3, -0.25) is 4.98 Å². The van der Waals surface area contributed by atoms with Crippen LogP contribution in [-0.4, -0.2) is 16.1 Å². The molecule has 0 atom stereocenters. The van der Waals surface area contributed by atoms with Crippen LogP contribution in [0.5, 0.6) is 11.5 Å². The van der Waals surface area contributed by atoms with E-state index in [9.17, 15) is 20.1 Å². The number of benzene rings is 3. The summed E-state index contributed by atoms with van der Waals surface area (Å²) < 4.78 is 1.28. The van der Waals surface area contributed by atoms with Crippen LogP contribution in [0.2, 0.25) is 0 Å². The number of hydrogen-bond acceptors (Lipinski definition) is 5. The van der Waals surface area contributed by atoms with E-state index in [1.807, 2.05) is 18.2 Å². The third kappa shape index (κ3) is 4.47. The van der Waals surface area contributed by atoms with E-state index in [0.29, 0.717) is 9.99 Å². The van der Waals surface area contributed by atoms with Crippen LogP contribution < -0.4 is 10.2 Å². The molecule has 28 heavy (non-hydrogen) atoms. The molecule has 1 N–H and O–H groups in total. The van der Waals surface area contributed by atoms with Crippen LogP contribution in [0.4, 0.5) is 0 Å². The SMILES string of the molecule is O=C([O-])c1cc2ccccc2c(Br)c1O.[Cu+2].[O-]c1ccc(Br)c2cccnc12. The Bertz CT molecular complexity index is 1130. The van der Waals surface area contributed by atoms with Gasteiger partial charge in [-0.1, -0.05) is 58.1 Å². The minimum Gasteiger partial charge on any atom is -0.871 e. The van der Waals surface area contributed by atoms with E-state index < -0.39 is 5.97 Å². The minimum absolute atomic E-state index is 0. The van der Waals surface area contributed by atoms with E-state index in [2.05, 4.69) is 36.8 Å². The zero-order valence-corrected chi connectivity index (χ0v) is 18.1. The molecule has 0 fully saturated rings. The van der Waals surface area contributed by atoms with E-state index in [4.69, 9.17) is 0 Å². The molecule has 145 valence electrons. The maximum absolute atomic E-state index is 11.2. The van der Waals surface area contributed by atoms with Crippen LogP contribution in [-0.2, 0) is 17.1 Å². The average Bonchev–Trinajstić information content (AvgIpc) is 2.68. The molecule has 4 rings (SSSR count). The van der Waals surface area contributed by atoms with Crippen molar-refractivity contribution in [2.24, 2.45) is 0 Å². The van der Waals surface area contributed by atoms with Crippen molar-refractivity contribution in [1.29, 1.82) is 0 Å². The van der Waals surface area contributed by atoms with Crippen LogP contribution in [0.25, 0.3) is 21.7 Å². The first-order valence-corrected chi connectivity index (χ1v) is 9.30. The summed E-state index contributed by atoms with van der Waals surface area (Å²) in [4.78, 5) is 14.7. The molecule has 0 aliphatic carbocycles.